The van der Waals surface area contributed by atoms with Gasteiger partial charge in [-0.2, -0.15) is 0 Å². The van der Waals surface area contributed by atoms with Crippen LogP contribution in [-0.4, -0.2) is 4.98 Å². The van der Waals surface area contributed by atoms with Gasteiger partial charge in [-0.05, 0) is 90.3 Å². The zero-order chi connectivity index (χ0) is 33.5. The summed E-state index contributed by atoms with van der Waals surface area (Å²) < 4.78 is 0. The normalized spacial score (nSPS) is 11.9. The maximum absolute atomic E-state index is 5.07. The molecule has 0 aliphatic carbocycles. The van der Waals surface area contributed by atoms with Crippen molar-refractivity contribution in [2.24, 2.45) is 0 Å². The van der Waals surface area contributed by atoms with Crippen LogP contribution in [-0.2, 0) is 0 Å². The molecule has 0 fully saturated rings. The lowest BCUT2D eigenvalue weighted by atomic mass is 9.91. The van der Waals surface area contributed by atoms with Gasteiger partial charge in [0, 0.05) is 27.6 Å². The minimum atomic E-state index is 0.958. The molecule has 0 bridgehead atoms. The number of aromatic nitrogens is 1. The summed E-state index contributed by atoms with van der Waals surface area (Å²) in [5.41, 5.74) is 7.55. The Morgan fingerprint density at radius 1 is 0.294 bits per heavy atom. The van der Waals surface area contributed by atoms with E-state index in [-0.39, 0.29) is 0 Å². The largest absolute Gasteiger partial charge is 0.309 e. The number of hydrogen-bond donors (Lipinski definition) is 0. The summed E-state index contributed by atoms with van der Waals surface area (Å²) in [5, 5.41) is 15.3. The van der Waals surface area contributed by atoms with Crippen molar-refractivity contribution in [3.8, 4) is 22.5 Å². The third kappa shape index (κ3) is 4.27. The lowest BCUT2D eigenvalue weighted by Gasteiger charge is -2.29. The highest BCUT2D eigenvalue weighted by atomic mass is 15.1. The molecule has 11 rings (SSSR count). The molecule has 236 valence electrons. The second-order valence-corrected chi connectivity index (χ2v) is 13.5. The number of rotatable bonds is 5. The van der Waals surface area contributed by atoms with Crippen LogP contribution >= 0.6 is 0 Å². The van der Waals surface area contributed by atoms with Crippen LogP contribution in [0.4, 0.5) is 17.1 Å². The van der Waals surface area contributed by atoms with Crippen molar-refractivity contribution < 1.29 is 0 Å². The van der Waals surface area contributed by atoms with Gasteiger partial charge in [-0.15, -0.1) is 0 Å². The van der Waals surface area contributed by atoms with Crippen molar-refractivity contribution in [1.82, 2.24) is 4.98 Å². The molecule has 1 aromatic heterocycles. The molecule has 0 aliphatic rings. The van der Waals surface area contributed by atoms with Crippen molar-refractivity contribution in [3.63, 3.8) is 0 Å². The first kappa shape index (κ1) is 28.1. The number of hydrogen-bond acceptors (Lipinski definition) is 2. The van der Waals surface area contributed by atoms with Gasteiger partial charge in [-0.3, -0.25) is 0 Å². The van der Waals surface area contributed by atoms with Crippen LogP contribution in [0.25, 0.3) is 87.1 Å². The molecule has 0 saturated carbocycles. The van der Waals surface area contributed by atoms with E-state index >= 15 is 0 Å². The molecule has 11 aromatic rings. The molecule has 0 N–H and O–H groups in total. The second kappa shape index (κ2) is 10.9. The maximum Gasteiger partial charge on any atom is 0.0709 e. The molecule has 0 spiro atoms. The molecular formula is C49H30N2. The molecule has 0 amide bonds. The molecule has 2 heteroatoms. The van der Waals surface area contributed by atoms with Gasteiger partial charge < -0.3 is 4.90 Å². The van der Waals surface area contributed by atoms with Crippen molar-refractivity contribution >= 4 is 81.7 Å². The van der Waals surface area contributed by atoms with E-state index in [1.54, 1.807) is 0 Å². The number of pyridine rings is 1. The standard InChI is InChI=1S/C49H30N2/c1-2-7-31(8-3-1)42-13-6-14-43(50-42)32-19-25-39(26-20-32)51(44-29-23-37-17-15-33-9-4-11-35-21-27-40(44)48(37)46(33)35)45-30-24-38-18-16-34-10-5-12-36-22-28-41(45)49(38)47(34)36/h1-30H. The van der Waals surface area contributed by atoms with Crippen LogP contribution in [0, 0.1) is 0 Å². The van der Waals surface area contributed by atoms with E-state index in [1.165, 1.54) is 64.6 Å². The molecule has 0 saturated heterocycles. The highest BCUT2D eigenvalue weighted by Gasteiger charge is 2.22. The van der Waals surface area contributed by atoms with E-state index in [9.17, 15) is 0 Å². The van der Waals surface area contributed by atoms with Crippen molar-refractivity contribution in [2.75, 3.05) is 4.90 Å². The van der Waals surface area contributed by atoms with Gasteiger partial charge in [0.25, 0.3) is 0 Å². The van der Waals surface area contributed by atoms with Crippen molar-refractivity contribution in [1.29, 1.82) is 0 Å². The van der Waals surface area contributed by atoms with Crippen molar-refractivity contribution in [3.05, 3.63) is 182 Å². The lowest BCUT2D eigenvalue weighted by Crippen LogP contribution is -2.11. The zero-order valence-electron chi connectivity index (χ0n) is 27.7. The minimum absolute atomic E-state index is 0.958. The summed E-state index contributed by atoms with van der Waals surface area (Å²) in [4.78, 5) is 7.53. The Kier molecular flexibility index (Phi) is 5.99. The first-order chi connectivity index (χ1) is 25.3. The predicted octanol–water partition coefficient (Wildman–Crippen LogP) is 13.7. The Balaban J connectivity index is 1.15. The molecule has 0 aliphatic heterocycles. The third-order valence-corrected chi connectivity index (χ3v) is 10.7. The lowest BCUT2D eigenvalue weighted by molar-refractivity contribution is 1.30. The average molecular weight is 647 g/mol. The smallest absolute Gasteiger partial charge is 0.0709 e. The molecular weight excluding hydrogens is 617 g/mol. The third-order valence-electron chi connectivity index (χ3n) is 10.7. The van der Waals surface area contributed by atoms with E-state index in [1.807, 2.05) is 6.07 Å². The number of benzene rings is 10. The molecule has 0 unspecified atom stereocenters. The van der Waals surface area contributed by atoms with Crippen LogP contribution in [0.15, 0.2) is 182 Å². The van der Waals surface area contributed by atoms with Crippen LogP contribution < -0.4 is 4.90 Å². The Hall–Kier alpha value is -6.77. The van der Waals surface area contributed by atoms with Gasteiger partial charge in [0.15, 0.2) is 0 Å². The Morgan fingerprint density at radius 2 is 0.706 bits per heavy atom. The van der Waals surface area contributed by atoms with Gasteiger partial charge in [0.2, 0.25) is 0 Å². The van der Waals surface area contributed by atoms with Gasteiger partial charge >= 0.3 is 0 Å². The van der Waals surface area contributed by atoms with Gasteiger partial charge in [-0.25, -0.2) is 4.98 Å². The quantitative estimate of drug-likeness (QED) is 0.173. The van der Waals surface area contributed by atoms with Crippen molar-refractivity contribution in [2.45, 2.75) is 0 Å². The van der Waals surface area contributed by atoms with E-state index in [0.717, 1.165) is 39.6 Å². The van der Waals surface area contributed by atoms with E-state index in [0.29, 0.717) is 0 Å². The average Bonchev–Trinajstić information content (AvgIpc) is 3.20. The van der Waals surface area contributed by atoms with E-state index < -0.39 is 0 Å². The van der Waals surface area contributed by atoms with Crippen LogP contribution in [0.1, 0.15) is 0 Å². The minimum Gasteiger partial charge on any atom is -0.309 e. The Bertz CT molecular complexity index is 2890. The second-order valence-electron chi connectivity index (χ2n) is 13.5. The van der Waals surface area contributed by atoms with Gasteiger partial charge in [0.05, 0.1) is 22.8 Å². The molecule has 0 atom stereocenters. The Labute approximate surface area is 295 Å². The van der Waals surface area contributed by atoms with E-state index in [2.05, 4.69) is 181 Å². The zero-order valence-corrected chi connectivity index (χ0v) is 27.7. The summed E-state index contributed by atoms with van der Waals surface area (Å²) in [6, 6.07) is 66.2. The number of anilines is 3. The SMILES string of the molecule is c1ccc(-c2cccc(-c3ccc(N(c4ccc5ccc6cccc7ccc4c5c67)c4ccc5ccc6cccc7ccc4c5c67)cc3)n2)cc1. The monoisotopic (exact) mass is 646 g/mol. The molecule has 1 heterocycles. The molecule has 2 nitrogen and oxygen atoms in total. The molecule has 0 radical (unpaired) electrons. The highest BCUT2D eigenvalue weighted by molar-refractivity contribution is 6.28. The maximum atomic E-state index is 5.07. The van der Waals surface area contributed by atoms with Crippen LogP contribution in [0.2, 0.25) is 0 Å². The van der Waals surface area contributed by atoms with E-state index in [4.69, 9.17) is 4.98 Å². The van der Waals surface area contributed by atoms with Gasteiger partial charge in [-0.1, -0.05) is 146 Å². The Morgan fingerprint density at radius 3 is 1.22 bits per heavy atom. The van der Waals surface area contributed by atoms with Gasteiger partial charge in [0.1, 0.15) is 0 Å². The topological polar surface area (TPSA) is 16.1 Å². The number of nitrogens with zero attached hydrogens (tertiary/aromatic N) is 2. The summed E-state index contributed by atoms with van der Waals surface area (Å²) in [5.74, 6) is 0. The first-order valence-electron chi connectivity index (χ1n) is 17.5. The fourth-order valence-electron chi connectivity index (χ4n) is 8.38. The summed E-state index contributed by atoms with van der Waals surface area (Å²) in [7, 11) is 0. The molecule has 10 aromatic carbocycles. The predicted molar refractivity (Wildman–Crippen MR) is 217 cm³/mol. The first-order valence-corrected chi connectivity index (χ1v) is 17.5. The summed E-state index contributed by atoms with van der Waals surface area (Å²) in [6.07, 6.45) is 0. The van der Waals surface area contributed by atoms with Crippen LogP contribution in [0.5, 0.6) is 0 Å². The van der Waals surface area contributed by atoms with Crippen LogP contribution in [0.3, 0.4) is 0 Å². The molecule has 51 heavy (non-hydrogen) atoms. The summed E-state index contributed by atoms with van der Waals surface area (Å²) in [6.45, 7) is 0. The summed E-state index contributed by atoms with van der Waals surface area (Å²) >= 11 is 0. The fourth-order valence-corrected chi connectivity index (χ4v) is 8.38. The fraction of sp³-hybridized carbons (Fsp3) is 0. The highest BCUT2D eigenvalue weighted by Crippen LogP contribution is 2.47.